The molecule has 1 fully saturated rings. The van der Waals surface area contributed by atoms with Crippen LogP contribution < -0.4 is 0 Å². The first-order valence-electron chi connectivity index (χ1n) is 8.34. The molecule has 1 saturated carbocycles. The smallest absolute Gasteiger partial charge is 0.256 e. The maximum atomic E-state index is 13.8. The second-order valence-electron chi connectivity index (χ2n) is 6.43. The summed E-state index contributed by atoms with van der Waals surface area (Å²) < 4.78 is 27.2. The van der Waals surface area contributed by atoms with E-state index in [9.17, 15) is 13.6 Å². The molecule has 0 radical (unpaired) electrons. The standard InChI is InChI=1S/C20H21F2NO/c1-23(20(24)17-8-5-9-18(21)19(17)22)16-12-10-15(11-13-16)14-6-3-2-4-7-14/h2-9,15-16H,10-13H2,1H3. The van der Waals surface area contributed by atoms with E-state index in [1.165, 1.54) is 17.7 Å². The number of hydrogen-bond donors (Lipinski definition) is 0. The fourth-order valence-corrected chi connectivity index (χ4v) is 3.55. The molecule has 0 unspecified atom stereocenters. The predicted molar refractivity (Wildman–Crippen MR) is 89.9 cm³/mol. The molecule has 24 heavy (non-hydrogen) atoms. The van der Waals surface area contributed by atoms with Gasteiger partial charge in [-0.3, -0.25) is 4.79 Å². The van der Waals surface area contributed by atoms with Gasteiger partial charge in [-0.1, -0.05) is 36.4 Å². The molecule has 0 saturated heterocycles. The Bertz CT molecular complexity index is 709. The van der Waals surface area contributed by atoms with Gasteiger partial charge in [0.25, 0.3) is 5.91 Å². The maximum absolute atomic E-state index is 13.8. The lowest BCUT2D eigenvalue weighted by Crippen LogP contribution is -2.39. The minimum absolute atomic E-state index is 0.0696. The van der Waals surface area contributed by atoms with Gasteiger partial charge >= 0.3 is 0 Å². The van der Waals surface area contributed by atoms with E-state index >= 15 is 0 Å². The fraction of sp³-hybridized carbons (Fsp3) is 0.350. The average Bonchev–Trinajstić information content (AvgIpc) is 2.64. The lowest BCUT2D eigenvalue weighted by molar-refractivity contribution is 0.0683. The fourth-order valence-electron chi connectivity index (χ4n) is 3.55. The zero-order valence-electron chi connectivity index (χ0n) is 13.7. The van der Waals surface area contributed by atoms with Gasteiger partial charge in [-0.2, -0.15) is 0 Å². The molecule has 0 bridgehead atoms. The van der Waals surface area contributed by atoms with E-state index in [4.69, 9.17) is 0 Å². The number of carbonyl (C=O) groups is 1. The van der Waals surface area contributed by atoms with Crippen LogP contribution in [0.2, 0.25) is 0 Å². The topological polar surface area (TPSA) is 20.3 Å². The Morgan fingerprint density at radius 1 is 0.958 bits per heavy atom. The number of nitrogens with zero attached hydrogens (tertiary/aromatic N) is 1. The third-order valence-electron chi connectivity index (χ3n) is 5.02. The van der Waals surface area contributed by atoms with Crippen LogP contribution in [-0.2, 0) is 0 Å². The molecule has 0 spiro atoms. The number of rotatable bonds is 3. The lowest BCUT2D eigenvalue weighted by atomic mass is 9.81. The van der Waals surface area contributed by atoms with Crippen molar-refractivity contribution in [2.24, 2.45) is 0 Å². The van der Waals surface area contributed by atoms with Crippen molar-refractivity contribution >= 4 is 5.91 Å². The van der Waals surface area contributed by atoms with Crippen LogP contribution in [0, 0.1) is 11.6 Å². The van der Waals surface area contributed by atoms with Gasteiger partial charge in [-0.25, -0.2) is 8.78 Å². The van der Waals surface area contributed by atoms with Crippen LogP contribution in [0.25, 0.3) is 0 Å². The number of halogens is 2. The normalized spacial score (nSPS) is 20.6. The van der Waals surface area contributed by atoms with Crippen LogP contribution in [0.3, 0.4) is 0 Å². The van der Waals surface area contributed by atoms with Crippen LogP contribution in [-0.4, -0.2) is 23.9 Å². The molecular formula is C20H21F2NO. The second-order valence-corrected chi connectivity index (χ2v) is 6.43. The molecule has 0 aromatic heterocycles. The zero-order chi connectivity index (χ0) is 17.1. The molecule has 1 amide bonds. The van der Waals surface area contributed by atoms with E-state index in [-0.39, 0.29) is 11.6 Å². The van der Waals surface area contributed by atoms with Crippen molar-refractivity contribution in [2.75, 3.05) is 7.05 Å². The van der Waals surface area contributed by atoms with Crippen LogP contribution in [0.5, 0.6) is 0 Å². The van der Waals surface area contributed by atoms with Gasteiger partial charge in [0, 0.05) is 13.1 Å². The Balaban J connectivity index is 1.66. The highest BCUT2D eigenvalue weighted by molar-refractivity contribution is 5.94. The number of carbonyl (C=O) groups excluding carboxylic acids is 1. The van der Waals surface area contributed by atoms with E-state index in [1.54, 1.807) is 11.9 Å². The molecule has 2 nitrogen and oxygen atoms in total. The molecule has 1 aliphatic carbocycles. The summed E-state index contributed by atoms with van der Waals surface area (Å²) in [4.78, 5) is 14.1. The molecule has 0 N–H and O–H groups in total. The van der Waals surface area contributed by atoms with Crippen LogP contribution >= 0.6 is 0 Å². The minimum atomic E-state index is -1.06. The van der Waals surface area contributed by atoms with Crippen molar-refractivity contribution in [3.8, 4) is 0 Å². The molecule has 0 atom stereocenters. The molecule has 3 rings (SSSR count). The molecule has 126 valence electrons. The second kappa shape index (κ2) is 7.12. The first-order valence-corrected chi connectivity index (χ1v) is 8.34. The summed E-state index contributed by atoms with van der Waals surface area (Å²) in [6, 6.07) is 14.2. The van der Waals surface area contributed by atoms with E-state index in [0.29, 0.717) is 5.92 Å². The highest BCUT2D eigenvalue weighted by Crippen LogP contribution is 2.34. The predicted octanol–water partition coefficient (Wildman–Crippen LogP) is 4.76. The van der Waals surface area contributed by atoms with E-state index < -0.39 is 17.5 Å². The molecule has 2 aromatic carbocycles. The summed E-state index contributed by atoms with van der Waals surface area (Å²) in [5.41, 5.74) is 1.14. The molecule has 2 aromatic rings. The van der Waals surface area contributed by atoms with E-state index in [1.807, 2.05) is 18.2 Å². The van der Waals surface area contributed by atoms with Gasteiger partial charge in [0.1, 0.15) is 0 Å². The maximum Gasteiger partial charge on any atom is 0.256 e. The average molecular weight is 329 g/mol. The SMILES string of the molecule is CN(C(=O)c1cccc(F)c1F)C1CCC(c2ccccc2)CC1. The number of hydrogen-bond acceptors (Lipinski definition) is 1. The summed E-state index contributed by atoms with van der Waals surface area (Å²) in [5, 5.41) is 0. The minimum Gasteiger partial charge on any atom is -0.339 e. The Morgan fingerprint density at radius 3 is 2.29 bits per heavy atom. The number of benzene rings is 2. The van der Waals surface area contributed by atoms with Gasteiger partial charge in [0.2, 0.25) is 0 Å². The van der Waals surface area contributed by atoms with Gasteiger partial charge in [-0.15, -0.1) is 0 Å². The van der Waals surface area contributed by atoms with Crippen LogP contribution in [0.4, 0.5) is 8.78 Å². The van der Waals surface area contributed by atoms with Crippen molar-refractivity contribution in [3.63, 3.8) is 0 Å². The summed E-state index contributed by atoms with van der Waals surface area (Å²) in [6.07, 6.45) is 3.74. The summed E-state index contributed by atoms with van der Waals surface area (Å²) >= 11 is 0. The van der Waals surface area contributed by atoms with Crippen molar-refractivity contribution in [3.05, 3.63) is 71.3 Å². The van der Waals surface area contributed by atoms with Gasteiger partial charge in [0.05, 0.1) is 5.56 Å². The first-order chi connectivity index (χ1) is 11.6. The van der Waals surface area contributed by atoms with Crippen LogP contribution in [0.15, 0.2) is 48.5 Å². The first kappa shape index (κ1) is 16.6. The number of amides is 1. The monoisotopic (exact) mass is 329 g/mol. The van der Waals surface area contributed by atoms with Crippen molar-refractivity contribution in [2.45, 2.75) is 37.6 Å². The highest BCUT2D eigenvalue weighted by Gasteiger charge is 2.29. The molecule has 1 aliphatic rings. The summed E-state index contributed by atoms with van der Waals surface area (Å²) in [6.45, 7) is 0. The van der Waals surface area contributed by atoms with Gasteiger partial charge in [-0.05, 0) is 49.3 Å². The molecular weight excluding hydrogens is 308 g/mol. The highest BCUT2D eigenvalue weighted by atomic mass is 19.2. The van der Waals surface area contributed by atoms with Crippen LogP contribution in [0.1, 0.15) is 47.5 Å². The Kier molecular flexibility index (Phi) is 4.93. The van der Waals surface area contributed by atoms with E-state index in [0.717, 1.165) is 31.7 Å². The molecule has 0 aliphatic heterocycles. The largest absolute Gasteiger partial charge is 0.339 e. The Labute approximate surface area is 141 Å². The summed E-state index contributed by atoms with van der Waals surface area (Å²) in [7, 11) is 1.68. The summed E-state index contributed by atoms with van der Waals surface area (Å²) in [5.74, 6) is -1.98. The van der Waals surface area contributed by atoms with E-state index in [2.05, 4.69) is 12.1 Å². The Hall–Kier alpha value is -2.23. The third kappa shape index (κ3) is 3.32. The van der Waals surface area contributed by atoms with Crippen molar-refractivity contribution in [1.29, 1.82) is 0 Å². The molecule has 0 heterocycles. The van der Waals surface area contributed by atoms with Crippen molar-refractivity contribution < 1.29 is 13.6 Å². The quantitative estimate of drug-likeness (QED) is 0.795. The Morgan fingerprint density at radius 2 is 1.62 bits per heavy atom. The molecule has 4 heteroatoms. The van der Waals surface area contributed by atoms with Crippen molar-refractivity contribution in [1.82, 2.24) is 4.90 Å². The van der Waals surface area contributed by atoms with Gasteiger partial charge < -0.3 is 4.90 Å². The zero-order valence-corrected chi connectivity index (χ0v) is 13.7. The lowest BCUT2D eigenvalue weighted by Gasteiger charge is -2.35. The third-order valence-corrected chi connectivity index (χ3v) is 5.02. The van der Waals surface area contributed by atoms with Gasteiger partial charge in [0.15, 0.2) is 11.6 Å².